The summed E-state index contributed by atoms with van der Waals surface area (Å²) >= 11 is 5.21. The number of hydrogen-bond donors (Lipinski definition) is 3. The van der Waals surface area contributed by atoms with Gasteiger partial charge in [0.25, 0.3) is 0 Å². The van der Waals surface area contributed by atoms with Crippen molar-refractivity contribution in [3.8, 4) is 11.5 Å². The normalized spacial score (nSPS) is 14.1. The Labute approximate surface area is 266 Å². The van der Waals surface area contributed by atoms with Crippen molar-refractivity contribution < 1.29 is 34.1 Å². The van der Waals surface area contributed by atoms with E-state index < -0.39 is 29.2 Å². The number of rotatable bonds is 14. The third-order valence-electron chi connectivity index (χ3n) is 7.48. The highest BCUT2D eigenvalue weighted by molar-refractivity contribution is 7.81. The Balaban J connectivity index is 1.53. The first kappa shape index (κ1) is 33.3. The summed E-state index contributed by atoms with van der Waals surface area (Å²) in [6, 6.07) is 12.0. The van der Waals surface area contributed by atoms with Crippen LogP contribution in [0.15, 0.2) is 76.0 Å². The van der Waals surface area contributed by atoms with E-state index in [1.807, 2.05) is 13.0 Å². The molecule has 3 N–H and O–H groups in total. The molecule has 1 heterocycles. The molecule has 0 saturated carbocycles. The van der Waals surface area contributed by atoms with Crippen LogP contribution in [0.25, 0.3) is 12.2 Å². The highest BCUT2D eigenvalue weighted by atomic mass is 32.1. The van der Waals surface area contributed by atoms with Gasteiger partial charge in [-0.1, -0.05) is 86.3 Å². The summed E-state index contributed by atoms with van der Waals surface area (Å²) in [5, 5.41) is 32.1. The van der Waals surface area contributed by atoms with Crippen molar-refractivity contribution in [2.45, 2.75) is 58.0 Å². The lowest BCUT2D eigenvalue weighted by atomic mass is 9.87. The van der Waals surface area contributed by atoms with Crippen molar-refractivity contribution in [3.63, 3.8) is 0 Å². The van der Waals surface area contributed by atoms with Crippen molar-refractivity contribution in [1.82, 2.24) is 0 Å². The van der Waals surface area contributed by atoms with E-state index in [1.54, 1.807) is 66.8 Å². The Morgan fingerprint density at radius 1 is 1.13 bits per heavy atom. The van der Waals surface area contributed by atoms with Crippen LogP contribution < -0.4 is 20.8 Å². The molecule has 1 aromatic heterocycles. The van der Waals surface area contributed by atoms with Gasteiger partial charge in [-0.25, -0.2) is 4.79 Å². The summed E-state index contributed by atoms with van der Waals surface area (Å²) < 4.78 is 11.6. The van der Waals surface area contributed by atoms with Crippen molar-refractivity contribution >= 4 is 41.0 Å². The maximum absolute atomic E-state index is 13.7. The number of hydrogen-bond acceptors (Lipinski definition) is 8. The molecular weight excluding hydrogens is 592 g/mol. The monoisotopic (exact) mass is 628 g/mol. The number of Topliss-reactive ketones (excluding diaryl/α,β-unsaturated/α-hetero) is 1. The lowest BCUT2D eigenvalue weighted by molar-refractivity contribution is 0.0650. The minimum absolute atomic E-state index is 0.0300. The molecule has 4 rings (SSSR count). The van der Waals surface area contributed by atoms with Gasteiger partial charge in [0.2, 0.25) is 5.76 Å². The van der Waals surface area contributed by atoms with E-state index in [0.29, 0.717) is 54.0 Å². The number of fused-ring (bicyclic) bond motifs is 1. The number of carboxylic acids is 1. The molecule has 0 amide bonds. The van der Waals surface area contributed by atoms with Gasteiger partial charge in [-0.2, -0.15) is 0 Å². The Morgan fingerprint density at radius 3 is 2.58 bits per heavy atom. The van der Waals surface area contributed by atoms with Crippen LogP contribution in [0.2, 0.25) is 0 Å². The third-order valence-corrected chi connectivity index (χ3v) is 7.76. The lowest BCUT2D eigenvalue weighted by Crippen LogP contribution is -2.45. The number of unbranched alkanes of at least 4 members (excludes halogenated alkanes) is 1. The number of aliphatic hydroxyl groups is 1. The van der Waals surface area contributed by atoms with Gasteiger partial charge < -0.3 is 24.5 Å². The number of carbonyl (C=O) groups is 2. The quantitative estimate of drug-likeness (QED) is 0.0938. The molecule has 2 aromatic carbocycles. The third kappa shape index (κ3) is 7.92. The van der Waals surface area contributed by atoms with E-state index >= 15 is 0 Å². The molecule has 234 valence electrons. The maximum Gasteiger partial charge on any atom is 0.372 e. The van der Waals surface area contributed by atoms with Gasteiger partial charge >= 0.3 is 5.97 Å². The number of aliphatic hydroxyl groups excluding tert-OH is 1. The predicted octanol–water partition coefficient (Wildman–Crippen LogP) is 5.32. The topological polar surface area (TPSA) is 134 Å². The number of thiocarbonyl (C=S) groups is 1. The molecule has 0 saturated heterocycles. The number of ether oxygens (including phenoxy) is 1. The van der Waals surface area contributed by atoms with Crippen LogP contribution in [-0.4, -0.2) is 38.5 Å². The van der Waals surface area contributed by atoms with Crippen LogP contribution in [-0.2, 0) is 6.42 Å². The smallest absolute Gasteiger partial charge is 0.372 e. The van der Waals surface area contributed by atoms with E-state index in [1.165, 1.54) is 13.0 Å². The summed E-state index contributed by atoms with van der Waals surface area (Å²) in [6.45, 7) is 3.78. The molecule has 0 radical (unpaired) electrons. The Hall–Kier alpha value is -4.60. The Morgan fingerprint density at radius 2 is 1.89 bits per heavy atom. The molecule has 0 unspecified atom stereocenters. The second-order valence-corrected chi connectivity index (χ2v) is 11.2. The van der Waals surface area contributed by atoms with Gasteiger partial charge in [-0.15, -0.1) is 0 Å². The maximum atomic E-state index is 13.7. The summed E-state index contributed by atoms with van der Waals surface area (Å²) in [5.74, 6) is -2.66. The fraction of sp³-hybridized carbons (Fsp3) is 0.278. The summed E-state index contributed by atoms with van der Waals surface area (Å²) in [5.41, 5.74) is 0.849. The van der Waals surface area contributed by atoms with E-state index in [2.05, 4.69) is 0 Å². The predicted molar refractivity (Wildman–Crippen MR) is 177 cm³/mol. The van der Waals surface area contributed by atoms with Crippen LogP contribution in [0, 0.1) is 0 Å². The number of phenols is 1. The Bertz CT molecular complexity index is 1820. The first-order valence-corrected chi connectivity index (χ1v) is 15.2. The molecule has 0 aliphatic heterocycles. The van der Waals surface area contributed by atoms with Crippen LogP contribution in [0.3, 0.4) is 0 Å². The van der Waals surface area contributed by atoms with Crippen LogP contribution in [0.4, 0.5) is 0 Å². The number of aromatic hydroxyl groups is 1. The molecule has 9 heteroatoms. The number of carbonyl (C=O) groups excluding carboxylic acids is 1. The van der Waals surface area contributed by atoms with Gasteiger partial charge in [0.05, 0.1) is 29.1 Å². The average molecular weight is 629 g/mol. The molecule has 45 heavy (non-hydrogen) atoms. The fourth-order valence-electron chi connectivity index (χ4n) is 5.24. The molecule has 1 aliphatic carbocycles. The lowest BCUT2D eigenvalue weighted by Gasteiger charge is -2.21. The van der Waals surface area contributed by atoms with E-state index in [0.717, 1.165) is 6.42 Å². The van der Waals surface area contributed by atoms with Gasteiger partial charge in [0.15, 0.2) is 11.2 Å². The van der Waals surface area contributed by atoms with Gasteiger partial charge in [0.1, 0.15) is 16.9 Å². The van der Waals surface area contributed by atoms with Crippen molar-refractivity contribution in [2.24, 2.45) is 0 Å². The SMILES string of the molecule is CCCc1c(OCCC/C=C\C=C\[C@@H](c2c(C(=O)O)oc3c(c2=O)=CCC(=S)C=3)[C@@H](O)c2ccccc2)ccc(C(C)=O)c1O. The molecule has 0 bridgehead atoms. The summed E-state index contributed by atoms with van der Waals surface area (Å²) in [7, 11) is 0. The summed E-state index contributed by atoms with van der Waals surface area (Å²) in [6.07, 6.45) is 11.8. The first-order valence-electron chi connectivity index (χ1n) is 14.8. The molecule has 3 aromatic rings. The molecule has 0 spiro atoms. The van der Waals surface area contributed by atoms with Gasteiger partial charge in [-0.05, 0) is 50.0 Å². The number of benzene rings is 2. The van der Waals surface area contributed by atoms with Crippen molar-refractivity contribution in [2.75, 3.05) is 6.61 Å². The standard InChI is InChI=1S/C36H36O8S/c1-3-12-26-29(19-18-25(22(2)37)33(26)39)43-20-11-6-4-5-10-15-28(32(38)23-13-8-7-9-14-23)31-34(40)27-17-16-24(45)21-30(27)44-35(31)36(41)42/h4-5,7-10,13-15,17-19,21,28,32,38-39H,3,6,11-12,16,20H2,1-2H3,(H,41,42)/b5-4-,15-10+/t28-,32-/m0/s1. The van der Waals surface area contributed by atoms with Crippen molar-refractivity contribution in [3.05, 3.63) is 116 Å². The van der Waals surface area contributed by atoms with E-state index in [4.69, 9.17) is 21.4 Å². The van der Waals surface area contributed by atoms with Crippen LogP contribution >= 0.6 is 12.2 Å². The van der Waals surface area contributed by atoms with Gasteiger partial charge in [0, 0.05) is 22.8 Å². The number of phenolic OH excluding ortho intramolecular Hbond substituents is 1. The zero-order valence-electron chi connectivity index (χ0n) is 25.2. The minimum atomic E-state index is -1.42. The first-order chi connectivity index (χ1) is 21.6. The summed E-state index contributed by atoms with van der Waals surface area (Å²) in [4.78, 5) is 38.2. The van der Waals surface area contributed by atoms with Gasteiger partial charge in [-0.3, -0.25) is 9.59 Å². The molecule has 0 fully saturated rings. The van der Waals surface area contributed by atoms with E-state index in [9.17, 15) is 29.7 Å². The highest BCUT2D eigenvalue weighted by Gasteiger charge is 2.30. The van der Waals surface area contributed by atoms with Crippen LogP contribution in [0.1, 0.15) is 89.2 Å². The van der Waals surface area contributed by atoms with Crippen LogP contribution in [0.5, 0.6) is 11.5 Å². The zero-order valence-corrected chi connectivity index (χ0v) is 26.0. The van der Waals surface area contributed by atoms with Crippen molar-refractivity contribution in [1.29, 1.82) is 0 Å². The number of allylic oxidation sites excluding steroid dienone is 3. The average Bonchev–Trinajstić information content (AvgIpc) is 3.02. The largest absolute Gasteiger partial charge is 0.507 e. The Kier molecular flexibility index (Phi) is 11.4. The minimum Gasteiger partial charge on any atom is -0.507 e. The molecule has 8 nitrogen and oxygen atoms in total. The van der Waals surface area contributed by atoms with E-state index in [-0.39, 0.29) is 33.3 Å². The molecule has 1 aliphatic rings. The second-order valence-electron chi connectivity index (χ2n) is 10.7. The zero-order chi connectivity index (χ0) is 32.5. The molecular formula is C36H36O8S. The highest BCUT2D eigenvalue weighted by Crippen LogP contribution is 2.34. The molecule has 2 atom stereocenters. The second kappa shape index (κ2) is 15.4. The fourth-order valence-corrected chi connectivity index (χ4v) is 5.43. The number of aromatic carboxylic acids is 1. The number of ketones is 1. The number of carboxylic acid groups (broad SMARTS) is 1.